The third-order valence-electron chi connectivity index (χ3n) is 1.46. The number of ether oxygens (including phenoxy) is 2. The van der Waals surface area contributed by atoms with Crippen LogP contribution >= 0.6 is 0 Å². The Kier molecular flexibility index (Phi) is 2.36. The number of hydrogen-bond donors (Lipinski definition) is 0. The van der Waals surface area contributed by atoms with Crippen LogP contribution in [0, 0.1) is 13.0 Å². The van der Waals surface area contributed by atoms with Crippen molar-refractivity contribution in [3.8, 4) is 11.5 Å². The van der Waals surface area contributed by atoms with Gasteiger partial charge in [0.05, 0.1) is 14.2 Å². The monoisotopic (exact) mass is 151 g/mol. The standard InChI is InChI=1S/C9H11O2/c1-7-4-5-8(10-2)9(6-7)11-3/h5-6H,1-3H3. The molecular weight excluding hydrogens is 140 g/mol. The van der Waals surface area contributed by atoms with Crippen LogP contribution in [0.2, 0.25) is 0 Å². The molecule has 11 heavy (non-hydrogen) atoms. The zero-order chi connectivity index (χ0) is 8.27. The summed E-state index contributed by atoms with van der Waals surface area (Å²) in [7, 11) is 3.23. The van der Waals surface area contributed by atoms with Crippen molar-refractivity contribution in [2.24, 2.45) is 0 Å². The molecule has 1 aromatic carbocycles. The molecule has 59 valence electrons. The maximum Gasteiger partial charge on any atom is 0.161 e. The Morgan fingerprint density at radius 1 is 1.18 bits per heavy atom. The van der Waals surface area contributed by atoms with Crippen LogP contribution in [0.25, 0.3) is 0 Å². The van der Waals surface area contributed by atoms with Crippen LogP contribution < -0.4 is 9.47 Å². The van der Waals surface area contributed by atoms with Gasteiger partial charge in [-0.2, -0.15) is 0 Å². The lowest BCUT2D eigenvalue weighted by molar-refractivity contribution is 0.354. The van der Waals surface area contributed by atoms with Crippen LogP contribution in [0.5, 0.6) is 11.5 Å². The highest BCUT2D eigenvalue weighted by molar-refractivity contribution is 5.41. The van der Waals surface area contributed by atoms with Crippen LogP contribution in [0.4, 0.5) is 0 Å². The van der Waals surface area contributed by atoms with Crippen LogP contribution in [0.3, 0.4) is 0 Å². The molecular formula is C9H11O2. The van der Waals surface area contributed by atoms with Gasteiger partial charge in [-0.3, -0.25) is 0 Å². The molecule has 0 spiro atoms. The second-order valence-electron chi connectivity index (χ2n) is 2.25. The fourth-order valence-corrected chi connectivity index (χ4v) is 0.879. The van der Waals surface area contributed by atoms with Gasteiger partial charge < -0.3 is 9.47 Å². The van der Waals surface area contributed by atoms with E-state index >= 15 is 0 Å². The minimum Gasteiger partial charge on any atom is -0.493 e. The number of hydrogen-bond acceptors (Lipinski definition) is 2. The Labute approximate surface area is 66.8 Å². The molecule has 2 heteroatoms. The smallest absolute Gasteiger partial charge is 0.161 e. The van der Waals surface area contributed by atoms with E-state index in [2.05, 4.69) is 6.07 Å². The van der Waals surface area contributed by atoms with Gasteiger partial charge in [0, 0.05) is 0 Å². The zero-order valence-corrected chi connectivity index (χ0v) is 6.97. The van der Waals surface area contributed by atoms with Gasteiger partial charge in [0.15, 0.2) is 11.5 Å². The summed E-state index contributed by atoms with van der Waals surface area (Å²) in [6, 6.07) is 6.68. The minimum absolute atomic E-state index is 0.720. The van der Waals surface area contributed by atoms with Crippen LogP contribution in [-0.4, -0.2) is 14.2 Å². The number of benzene rings is 1. The van der Waals surface area contributed by atoms with E-state index in [0.717, 1.165) is 17.1 Å². The van der Waals surface area contributed by atoms with E-state index < -0.39 is 0 Å². The highest BCUT2D eigenvalue weighted by atomic mass is 16.5. The van der Waals surface area contributed by atoms with Gasteiger partial charge in [-0.15, -0.1) is 0 Å². The molecule has 0 N–H and O–H groups in total. The first kappa shape index (κ1) is 7.92. The summed E-state index contributed by atoms with van der Waals surface area (Å²) in [5.74, 6) is 1.47. The summed E-state index contributed by atoms with van der Waals surface area (Å²) in [5, 5.41) is 0. The predicted octanol–water partition coefficient (Wildman–Crippen LogP) is 1.81. The molecule has 0 unspecified atom stereocenters. The van der Waals surface area contributed by atoms with Crippen molar-refractivity contribution in [1.82, 2.24) is 0 Å². The normalized spacial score (nSPS) is 9.36. The van der Waals surface area contributed by atoms with Crippen LogP contribution in [-0.2, 0) is 0 Å². The lowest BCUT2D eigenvalue weighted by Gasteiger charge is -2.06. The third-order valence-corrected chi connectivity index (χ3v) is 1.46. The molecule has 0 aliphatic heterocycles. The largest absolute Gasteiger partial charge is 0.493 e. The van der Waals surface area contributed by atoms with E-state index in [4.69, 9.17) is 9.47 Å². The third kappa shape index (κ3) is 1.64. The van der Waals surface area contributed by atoms with Crippen molar-refractivity contribution in [1.29, 1.82) is 0 Å². The molecule has 1 aromatic rings. The molecule has 0 atom stereocenters. The van der Waals surface area contributed by atoms with Crippen LogP contribution in [0.1, 0.15) is 5.56 Å². The Morgan fingerprint density at radius 3 is 2.36 bits per heavy atom. The van der Waals surface area contributed by atoms with Crippen molar-refractivity contribution in [3.05, 3.63) is 23.8 Å². The molecule has 1 radical (unpaired) electrons. The highest BCUT2D eigenvalue weighted by Crippen LogP contribution is 2.26. The molecule has 1 rings (SSSR count). The average Bonchev–Trinajstić information content (AvgIpc) is 2.04. The molecule has 0 amide bonds. The molecule has 0 saturated carbocycles. The van der Waals surface area contributed by atoms with Crippen molar-refractivity contribution >= 4 is 0 Å². The van der Waals surface area contributed by atoms with Crippen molar-refractivity contribution < 1.29 is 9.47 Å². The number of rotatable bonds is 2. The van der Waals surface area contributed by atoms with Gasteiger partial charge in [0.2, 0.25) is 0 Å². The van der Waals surface area contributed by atoms with E-state index in [0.29, 0.717) is 0 Å². The predicted molar refractivity (Wildman–Crippen MR) is 43.1 cm³/mol. The van der Waals surface area contributed by atoms with Crippen LogP contribution in [0.15, 0.2) is 12.1 Å². The SMILES string of the molecule is COc1c[c]c(C)cc1OC. The van der Waals surface area contributed by atoms with Gasteiger partial charge >= 0.3 is 0 Å². The first-order valence-electron chi connectivity index (χ1n) is 3.38. The molecule has 0 saturated heterocycles. The first-order valence-corrected chi connectivity index (χ1v) is 3.38. The first-order chi connectivity index (χ1) is 5.27. The molecule has 0 heterocycles. The summed E-state index contributed by atoms with van der Waals surface area (Å²) in [6.45, 7) is 1.96. The lowest BCUT2D eigenvalue weighted by Crippen LogP contribution is -1.90. The summed E-state index contributed by atoms with van der Waals surface area (Å²) >= 11 is 0. The number of aryl methyl sites for hydroxylation is 1. The van der Waals surface area contributed by atoms with E-state index in [-0.39, 0.29) is 0 Å². The fourth-order valence-electron chi connectivity index (χ4n) is 0.879. The molecule has 0 bridgehead atoms. The van der Waals surface area contributed by atoms with E-state index in [1.165, 1.54) is 0 Å². The molecule has 0 fully saturated rings. The molecule has 0 aliphatic carbocycles. The molecule has 2 nitrogen and oxygen atoms in total. The Morgan fingerprint density at radius 2 is 1.82 bits per heavy atom. The summed E-state index contributed by atoms with van der Waals surface area (Å²) in [6.07, 6.45) is 0. The van der Waals surface area contributed by atoms with Gasteiger partial charge in [-0.05, 0) is 30.7 Å². The Balaban J connectivity index is 3.06. The second-order valence-corrected chi connectivity index (χ2v) is 2.25. The van der Waals surface area contributed by atoms with Crippen molar-refractivity contribution in [3.63, 3.8) is 0 Å². The van der Waals surface area contributed by atoms with Crippen molar-refractivity contribution in [2.45, 2.75) is 6.92 Å². The Bertz CT molecular complexity index is 243. The maximum absolute atomic E-state index is 5.07. The molecule has 0 aliphatic rings. The highest BCUT2D eigenvalue weighted by Gasteiger charge is 2.00. The minimum atomic E-state index is 0.720. The van der Waals surface area contributed by atoms with E-state index in [9.17, 15) is 0 Å². The van der Waals surface area contributed by atoms with Crippen molar-refractivity contribution in [2.75, 3.05) is 14.2 Å². The fraction of sp³-hybridized carbons (Fsp3) is 0.333. The second kappa shape index (κ2) is 3.28. The average molecular weight is 151 g/mol. The molecule has 0 aromatic heterocycles. The number of methoxy groups -OCH3 is 2. The summed E-state index contributed by atoms with van der Waals surface area (Å²) in [5.41, 5.74) is 1.04. The van der Waals surface area contributed by atoms with E-state index in [1.807, 2.05) is 13.0 Å². The van der Waals surface area contributed by atoms with Gasteiger partial charge in [-0.1, -0.05) is 0 Å². The van der Waals surface area contributed by atoms with Gasteiger partial charge in [0.25, 0.3) is 0 Å². The Hall–Kier alpha value is -1.18. The lowest BCUT2D eigenvalue weighted by atomic mass is 10.2. The maximum atomic E-state index is 5.07. The summed E-state index contributed by atoms with van der Waals surface area (Å²) < 4.78 is 10.1. The van der Waals surface area contributed by atoms with Gasteiger partial charge in [-0.25, -0.2) is 0 Å². The van der Waals surface area contributed by atoms with E-state index in [1.54, 1.807) is 20.3 Å². The topological polar surface area (TPSA) is 18.5 Å². The zero-order valence-electron chi connectivity index (χ0n) is 6.97. The quantitative estimate of drug-likeness (QED) is 0.641. The summed E-state index contributed by atoms with van der Waals surface area (Å²) in [4.78, 5) is 0. The van der Waals surface area contributed by atoms with Gasteiger partial charge in [0.1, 0.15) is 0 Å².